The molecule has 5 heteroatoms. The largest absolute Gasteiger partial charge is 0.391 e. The standard InChI is InChI=1S/C14H18ClNO2S/c15-12-5-1-10(2-6-12)8-19-9-14(18)16-7-13(17)11-3-4-11/h1-2,5-6,11,13,17H,3-4,7-9H2,(H,16,18). The van der Waals surface area contributed by atoms with Gasteiger partial charge >= 0.3 is 0 Å². The van der Waals surface area contributed by atoms with Gasteiger partial charge in [0.05, 0.1) is 11.9 Å². The van der Waals surface area contributed by atoms with E-state index in [1.165, 1.54) is 0 Å². The molecule has 1 amide bonds. The molecule has 0 saturated heterocycles. The van der Waals surface area contributed by atoms with Gasteiger partial charge in [-0.2, -0.15) is 0 Å². The second kappa shape index (κ2) is 7.17. The molecule has 1 aromatic rings. The summed E-state index contributed by atoms with van der Waals surface area (Å²) in [6, 6.07) is 7.63. The minimum absolute atomic E-state index is 0.0151. The van der Waals surface area contributed by atoms with E-state index < -0.39 is 0 Å². The van der Waals surface area contributed by atoms with Crippen molar-refractivity contribution in [3.8, 4) is 0 Å². The van der Waals surface area contributed by atoms with Gasteiger partial charge in [0.1, 0.15) is 0 Å². The summed E-state index contributed by atoms with van der Waals surface area (Å²) in [4.78, 5) is 11.6. The van der Waals surface area contributed by atoms with Gasteiger partial charge in [-0.25, -0.2) is 0 Å². The maximum atomic E-state index is 11.6. The zero-order chi connectivity index (χ0) is 13.7. The molecule has 0 spiro atoms. The molecule has 2 rings (SSSR count). The predicted molar refractivity (Wildman–Crippen MR) is 79.4 cm³/mol. The lowest BCUT2D eigenvalue weighted by molar-refractivity contribution is -0.119. The van der Waals surface area contributed by atoms with Crippen molar-refractivity contribution in [1.29, 1.82) is 0 Å². The second-order valence-electron chi connectivity index (χ2n) is 4.83. The average Bonchev–Trinajstić information content (AvgIpc) is 3.23. The third-order valence-corrected chi connectivity index (χ3v) is 4.35. The molecule has 1 aliphatic rings. The average molecular weight is 300 g/mol. The number of carbonyl (C=O) groups excluding carboxylic acids is 1. The summed E-state index contributed by atoms with van der Waals surface area (Å²) in [5.74, 6) is 1.59. The van der Waals surface area contributed by atoms with Gasteiger partial charge in [0, 0.05) is 17.3 Å². The third kappa shape index (κ3) is 5.43. The van der Waals surface area contributed by atoms with E-state index in [0.29, 0.717) is 18.2 Å². The van der Waals surface area contributed by atoms with Crippen molar-refractivity contribution in [1.82, 2.24) is 5.32 Å². The molecule has 3 nitrogen and oxygen atoms in total. The fourth-order valence-corrected chi connectivity index (χ4v) is 2.70. The molecule has 19 heavy (non-hydrogen) atoms. The van der Waals surface area contributed by atoms with Gasteiger partial charge in [0.15, 0.2) is 0 Å². The van der Waals surface area contributed by atoms with Crippen LogP contribution >= 0.6 is 23.4 Å². The Morgan fingerprint density at radius 1 is 1.42 bits per heavy atom. The van der Waals surface area contributed by atoms with E-state index in [1.807, 2.05) is 24.3 Å². The van der Waals surface area contributed by atoms with Crippen molar-refractivity contribution < 1.29 is 9.90 Å². The van der Waals surface area contributed by atoms with Gasteiger partial charge in [0.2, 0.25) is 5.91 Å². The van der Waals surface area contributed by atoms with Gasteiger partial charge in [-0.15, -0.1) is 11.8 Å². The van der Waals surface area contributed by atoms with E-state index in [0.717, 1.165) is 29.2 Å². The molecule has 1 atom stereocenters. The molecule has 1 aromatic carbocycles. The summed E-state index contributed by atoms with van der Waals surface area (Å²) in [6.45, 7) is 0.380. The molecule has 1 aliphatic carbocycles. The van der Waals surface area contributed by atoms with Crippen LogP contribution in [0, 0.1) is 5.92 Å². The zero-order valence-electron chi connectivity index (χ0n) is 10.6. The second-order valence-corrected chi connectivity index (χ2v) is 6.25. The Morgan fingerprint density at radius 3 is 2.74 bits per heavy atom. The van der Waals surface area contributed by atoms with Crippen molar-refractivity contribution in [3.05, 3.63) is 34.9 Å². The maximum absolute atomic E-state index is 11.6. The summed E-state index contributed by atoms with van der Waals surface area (Å²) in [5, 5.41) is 13.1. The van der Waals surface area contributed by atoms with E-state index in [-0.39, 0.29) is 12.0 Å². The van der Waals surface area contributed by atoms with Crippen LogP contribution in [0.4, 0.5) is 0 Å². The minimum atomic E-state index is -0.370. The topological polar surface area (TPSA) is 49.3 Å². The number of amides is 1. The van der Waals surface area contributed by atoms with Crippen LogP contribution < -0.4 is 5.32 Å². The number of halogens is 1. The van der Waals surface area contributed by atoms with Crippen LogP contribution in [0.5, 0.6) is 0 Å². The third-order valence-electron chi connectivity index (χ3n) is 3.09. The highest BCUT2D eigenvalue weighted by Gasteiger charge is 2.29. The van der Waals surface area contributed by atoms with Crippen LogP contribution in [0.25, 0.3) is 0 Å². The van der Waals surface area contributed by atoms with Crippen LogP contribution in [-0.2, 0) is 10.5 Å². The van der Waals surface area contributed by atoms with E-state index >= 15 is 0 Å². The van der Waals surface area contributed by atoms with E-state index in [4.69, 9.17) is 11.6 Å². The lowest BCUT2D eigenvalue weighted by Gasteiger charge is -2.10. The molecule has 0 aromatic heterocycles. The summed E-state index contributed by atoms with van der Waals surface area (Å²) in [6.07, 6.45) is 1.80. The van der Waals surface area contributed by atoms with Crippen molar-refractivity contribution in [2.24, 2.45) is 5.92 Å². The number of rotatable bonds is 7. The van der Waals surface area contributed by atoms with Gasteiger partial charge in [0.25, 0.3) is 0 Å². The minimum Gasteiger partial charge on any atom is -0.391 e. The van der Waals surface area contributed by atoms with Crippen molar-refractivity contribution in [3.63, 3.8) is 0 Å². The number of hydrogen-bond donors (Lipinski definition) is 2. The summed E-state index contributed by atoms with van der Waals surface area (Å²) in [7, 11) is 0. The summed E-state index contributed by atoms with van der Waals surface area (Å²) >= 11 is 7.36. The Labute approximate surface area is 122 Å². The van der Waals surface area contributed by atoms with E-state index in [2.05, 4.69) is 5.32 Å². The van der Waals surface area contributed by atoms with Gasteiger partial charge in [-0.3, -0.25) is 4.79 Å². The van der Waals surface area contributed by atoms with E-state index in [9.17, 15) is 9.90 Å². The SMILES string of the molecule is O=C(CSCc1ccc(Cl)cc1)NCC(O)C1CC1. The lowest BCUT2D eigenvalue weighted by atomic mass is 10.2. The highest BCUT2D eigenvalue weighted by atomic mass is 35.5. The van der Waals surface area contributed by atoms with Crippen LogP contribution in [-0.4, -0.2) is 29.4 Å². The molecule has 1 unspecified atom stereocenters. The number of carbonyl (C=O) groups is 1. The smallest absolute Gasteiger partial charge is 0.230 e. The number of thioether (sulfide) groups is 1. The van der Waals surface area contributed by atoms with Gasteiger partial charge in [-0.05, 0) is 36.5 Å². The quantitative estimate of drug-likeness (QED) is 0.813. The molecule has 0 heterocycles. The number of nitrogens with one attached hydrogen (secondary N) is 1. The molecule has 2 N–H and O–H groups in total. The molecule has 0 radical (unpaired) electrons. The fourth-order valence-electron chi connectivity index (χ4n) is 1.76. The molecule has 0 bridgehead atoms. The maximum Gasteiger partial charge on any atom is 0.230 e. The molecule has 0 aliphatic heterocycles. The first kappa shape index (κ1) is 14.7. The van der Waals surface area contributed by atoms with Gasteiger partial charge < -0.3 is 10.4 Å². The Morgan fingerprint density at radius 2 is 2.11 bits per heavy atom. The number of benzene rings is 1. The Kier molecular flexibility index (Phi) is 5.55. The number of aliphatic hydroxyl groups is 1. The lowest BCUT2D eigenvalue weighted by Crippen LogP contribution is -2.34. The number of aliphatic hydroxyl groups excluding tert-OH is 1. The zero-order valence-corrected chi connectivity index (χ0v) is 12.2. The Hall–Kier alpha value is -0.710. The van der Waals surface area contributed by atoms with Crippen LogP contribution in [0.2, 0.25) is 5.02 Å². The van der Waals surface area contributed by atoms with Crippen LogP contribution in [0.1, 0.15) is 18.4 Å². The van der Waals surface area contributed by atoms with Crippen LogP contribution in [0.15, 0.2) is 24.3 Å². The summed E-state index contributed by atoms with van der Waals surface area (Å²) in [5.41, 5.74) is 1.15. The van der Waals surface area contributed by atoms with E-state index in [1.54, 1.807) is 11.8 Å². The summed E-state index contributed by atoms with van der Waals surface area (Å²) < 4.78 is 0. The molecule has 104 valence electrons. The first-order valence-corrected chi connectivity index (χ1v) is 7.95. The molecule has 1 saturated carbocycles. The Balaban J connectivity index is 1.59. The normalized spacial score (nSPS) is 16.1. The molecule has 1 fully saturated rings. The van der Waals surface area contributed by atoms with Crippen molar-refractivity contribution >= 4 is 29.3 Å². The van der Waals surface area contributed by atoms with Gasteiger partial charge in [-0.1, -0.05) is 23.7 Å². The molecular weight excluding hydrogens is 282 g/mol. The first-order chi connectivity index (χ1) is 9.15. The highest BCUT2D eigenvalue weighted by molar-refractivity contribution is 7.99. The fraction of sp³-hybridized carbons (Fsp3) is 0.500. The number of hydrogen-bond acceptors (Lipinski definition) is 3. The predicted octanol–water partition coefficient (Wildman–Crippen LogP) is 2.46. The van der Waals surface area contributed by atoms with Crippen molar-refractivity contribution in [2.75, 3.05) is 12.3 Å². The van der Waals surface area contributed by atoms with Crippen molar-refractivity contribution in [2.45, 2.75) is 24.7 Å². The first-order valence-electron chi connectivity index (χ1n) is 6.42. The highest BCUT2D eigenvalue weighted by Crippen LogP contribution is 2.32. The molecular formula is C14H18ClNO2S. The van der Waals surface area contributed by atoms with Crippen LogP contribution in [0.3, 0.4) is 0 Å². The monoisotopic (exact) mass is 299 g/mol. The Bertz CT molecular complexity index is 420.